The molecular formula is C14H14ClNO3S. The van der Waals surface area contributed by atoms with Crippen molar-refractivity contribution in [3.63, 3.8) is 0 Å². The maximum Gasteiger partial charge on any atom is 0.243 e. The summed E-state index contributed by atoms with van der Waals surface area (Å²) in [6.07, 6.45) is 0. The van der Waals surface area contributed by atoms with Gasteiger partial charge >= 0.3 is 0 Å². The molecule has 2 rings (SSSR count). The van der Waals surface area contributed by atoms with E-state index in [1.807, 2.05) is 0 Å². The average molecular weight is 312 g/mol. The lowest BCUT2D eigenvalue weighted by molar-refractivity contribution is 0.460. The standard InChI is InChI=1S/C14H14ClNO3S/c1-16(10-11-4-2-5-12(15)8-11)20(18,19)14-7-3-6-13(17)9-14/h2-9,17H,10H2,1H3. The highest BCUT2D eigenvalue weighted by atomic mass is 35.5. The molecule has 0 aliphatic heterocycles. The van der Waals surface area contributed by atoms with Crippen LogP contribution in [-0.2, 0) is 16.6 Å². The summed E-state index contributed by atoms with van der Waals surface area (Å²) in [5.41, 5.74) is 0.795. The van der Waals surface area contributed by atoms with E-state index >= 15 is 0 Å². The predicted octanol–water partition coefficient (Wildman–Crippen LogP) is 2.87. The number of phenolic OH excluding ortho intramolecular Hbond substituents is 1. The Morgan fingerprint density at radius 2 is 1.85 bits per heavy atom. The second kappa shape index (κ2) is 5.83. The summed E-state index contributed by atoms with van der Waals surface area (Å²) in [4.78, 5) is 0.0574. The Morgan fingerprint density at radius 1 is 1.15 bits per heavy atom. The first-order chi connectivity index (χ1) is 9.39. The van der Waals surface area contributed by atoms with E-state index in [4.69, 9.17) is 11.6 Å². The third-order valence-electron chi connectivity index (χ3n) is 2.82. The van der Waals surface area contributed by atoms with Gasteiger partial charge < -0.3 is 5.11 Å². The summed E-state index contributed by atoms with van der Waals surface area (Å²) >= 11 is 5.88. The van der Waals surface area contributed by atoms with Crippen molar-refractivity contribution in [2.75, 3.05) is 7.05 Å². The SMILES string of the molecule is CN(Cc1cccc(Cl)c1)S(=O)(=O)c1cccc(O)c1. The van der Waals surface area contributed by atoms with Crippen LogP contribution >= 0.6 is 11.6 Å². The Bertz CT molecular complexity index is 716. The quantitative estimate of drug-likeness (QED) is 0.944. The Hall–Kier alpha value is -1.56. The first kappa shape index (κ1) is 14.8. The summed E-state index contributed by atoms with van der Waals surface area (Å²) in [7, 11) is -2.16. The molecule has 106 valence electrons. The summed E-state index contributed by atoms with van der Waals surface area (Å²) in [5, 5.41) is 9.94. The molecule has 0 saturated heterocycles. The molecule has 0 unspecified atom stereocenters. The molecule has 0 aliphatic carbocycles. The van der Waals surface area contributed by atoms with E-state index in [1.165, 1.54) is 35.6 Å². The normalized spacial score (nSPS) is 11.8. The molecular weight excluding hydrogens is 298 g/mol. The number of phenols is 1. The molecule has 0 radical (unpaired) electrons. The molecule has 6 heteroatoms. The van der Waals surface area contributed by atoms with Gasteiger partial charge in [-0.05, 0) is 35.9 Å². The van der Waals surface area contributed by atoms with Crippen molar-refractivity contribution in [2.45, 2.75) is 11.4 Å². The van der Waals surface area contributed by atoms with E-state index in [2.05, 4.69) is 0 Å². The van der Waals surface area contributed by atoms with Crippen molar-refractivity contribution in [2.24, 2.45) is 0 Å². The monoisotopic (exact) mass is 311 g/mol. The first-order valence-corrected chi connectivity index (χ1v) is 7.71. The van der Waals surface area contributed by atoms with Crippen molar-refractivity contribution in [3.05, 3.63) is 59.1 Å². The summed E-state index contributed by atoms with van der Waals surface area (Å²) < 4.78 is 25.9. The maximum absolute atomic E-state index is 12.4. The fraction of sp³-hybridized carbons (Fsp3) is 0.143. The number of benzene rings is 2. The number of hydrogen-bond donors (Lipinski definition) is 1. The van der Waals surface area contributed by atoms with Gasteiger partial charge in [0.05, 0.1) is 4.90 Å². The van der Waals surface area contributed by atoms with E-state index in [9.17, 15) is 13.5 Å². The van der Waals surface area contributed by atoms with Crippen LogP contribution in [0, 0.1) is 0 Å². The minimum Gasteiger partial charge on any atom is -0.508 e. The number of rotatable bonds is 4. The molecule has 2 aromatic rings. The molecule has 0 saturated carbocycles. The number of hydrogen-bond acceptors (Lipinski definition) is 3. The molecule has 0 atom stereocenters. The first-order valence-electron chi connectivity index (χ1n) is 5.89. The van der Waals surface area contributed by atoms with Crippen LogP contribution in [0.5, 0.6) is 5.75 Å². The maximum atomic E-state index is 12.4. The Balaban J connectivity index is 2.26. The fourth-order valence-electron chi connectivity index (χ4n) is 1.80. The van der Waals surface area contributed by atoms with Crippen LogP contribution in [-0.4, -0.2) is 24.9 Å². The zero-order valence-corrected chi connectivity index (χ0v) is 12.4. The molecule has 0 bridgehead atoms. The van der Waals surface area contributed by atoms with E-state index in [0.717, 1.165) is 5.56 Å². The molecule has 0 fully saturated rings. The van der Waals surface area contributed by atoms with E-state index in [0.29, 0.717) is 5.02 Å². The Labute approximate surface area is 123 Å². The summed E-state index contributed by atoms with van der Waals surface area (Å²) in [5.74, 6) is -0.0813. The number of nitrogens with zero attached hydrogens (tertiary/aromatic N) is 1. The molecule has 4 nitrogen and oxygen atoms in total. The molecule has 1 N–H and O–H groups in total. The van der Waals surface area contributed by atoms with Crippen molar-refractivity contribution < 1.29 is 13.5 Å². The van der Waals surface area contributed by atoms with Gasteiger partial charge in [-0.2, -0.15) is 4.31 Å². The van der Waals surface area contributed by atoms with Gasteiger partial charge in [0.1, 0.15) is 5.75 Å². The number of halogens is 1. The molecule has 20 heavy (non-hydrogen) atoms. The van der Waals surface area contributed by atoms with Crippen LogP contribution in [0.25, 0.3) is 0 Å². The third-order valence-corrected chi connectivity index (χ3v) is 4.85. The Morgan fingerprint density at radius 3 is 2.50 bits per heavy atom. The lowest BCUT2D eigenvalue weighted by Gasteiger charge is -2.17. The lowest BCUT2D eigenvalue weighted by atomic mass is 10.2. The zero-order valence-electron chi connectivity index (χ0n) is 10.8. The van der Waals surface area contributed by atoms with Gasteiger partial charge in [-0.3, -0.25) is 0 Å². The Kier molecular flexibility index (Phi) is 4.32. The number of sulfonamides is 1. The molecule has 2 aromatic carbocycles. The smallest absolute Gasteiger partial charge is 0.243 e. The number of aromatic hydroxyl groups is 1. The minimum absolute atomic E-state index is 0.0574. The van der Waals surface area contributed by atoms with Crippen LogP contribution in [0.4, 0.5) is 0 Å². The van der Waals surface area contributed by atoms with Gasteiger partial charge in [0.2, 0.25) is 10.0 Å². The molecule has 0 aliphatic rings. The van der Waals surface area contributed by atoms with Crippen molar-refractivity contribution in [3.8, 4) is 5.75 Å². The molecule has 0 amide bonds. The van der Waals surface area contributed by atoms with E-state index in [1.54, 1.807) is 24.3 Å². The van der Waals surface area contributed by atoms with Gasteiger partial charge in [-0.1, -0.05) is 29.8 Å². The van der Waals surface area contributed by atoms with Gasteiger partial charge in [0.15, 0.2) is 0 Å². The fourth-order valence-corrected chi connectivity index (χ4v) is 3.21. The van der Waals surface area contributed by atoms with Crippen LogP contribution < -0.4 is 0 Å². The van der Waals surface area contributed by atoms with Crippen molar-refractivity contribution in [1.82, 2.24) is 4.31 Å². The highest BCUT2D eigenvalue weighted by molar-refractivity contribution is 7.89. The van der Waals surface area contributed by atoms with Gasteiger partial charge in [0, 0.05) is 18.6 Å². The second-order valence-corrected chi connectivity index (χ2v) is 6.87. The third kappa shape index (κ3) is 3.30. The van der Waals surface area contributed by atoms with E-state index in [-0.39, 0.29) is 17.2 Å². The molecule has 0 heterocycles. The minimum atomic E-state index is -3.64. The second-order valence-electron chi connectivity index (χ2n) is 4.39. The summed E-state index contributed by atoms with van der Waals surface area (Å²) in [6.45, 7) is 0.207. The molecule has 0 aromatic heterocycles. The van der Waals surface area contributed by atoms with Crippen LogP contribution in [0.15, 0.2) is 53.4 Å². The van der Waals surface area contributed by atoms with Gasteiger partial charge in [-0.15, -0.1) is 0 Å². The predicted molar refractivity (Wildman–Crippen MR) is 78.2 cm³/mol. The van der Waals surface area contributed by atoms with Crippen molar-refractivity contribution in [1.29, 1.82) is 0 Å². The van der Waals surface area contributed by atoms with Crippen LogP contribution in [0.1, 0.15) is 5.56 Å². The van der Waals surface area contributed by atoms with E-state index < -0.39 is 10.0 Å². The van der Waals surface area contributed by atoms with Crippen LogP contribution in [0.2, 0.25) is 5.02 Å². The van der Waals surface area contributed by atoms with Gasteiger partial charge in [0.25, 0.3) is 0 Å². The average Bonchev–Trinajstić information content (AvgIpc) is 2.38. The van der Waals surface area contributed by atoms with Crippen molar-refractivity contribution >= 4 is 21.6 Å². The highest BCUT2D eigenvalue weighted by Gasteiger charge is 2.21. The van der Waals surface area contributed by atoms with Crippen LogP contribution in [0.3, 0.4) is 0 Å². The zero-order chi connectivity index (χ0) is 14.8. The largest absolute Gasteiger partial charge is 0.508 e. The molecule has 0 spiro atoms. The topological polar surface area (TPSA) is 57.6 Å². The lowest BCUT2D eigenvalue weighted by Crippen LogP contribution is -2.26. The van der Waals surface area contributed by atoms with Gasteiger partial charge in [-0.25, -0.2) is 8.42 Å². The summed E-state index contributed by atoms with van der Waals surface area (Å²) in [6, 6.07) is 12.6. The highest BCUT2D eigenvalue weighted by Crippen LogP contribution is 2.21.